The molecule has 1 aliphatic carbocycles. The Balaban J connectivity index is 1.60. The average molecular weight is 335 g/mol. The van der Waals surface area contributed by atoms with Gasteiger partial charge in [0, 0.05) is 32.2 Å². The minimum Gasteiger partial charge on any atom is -0.314 e. The molecular weight excluding hydrogens is 304 g/mol. The van der Waals surface area contributed by atoms with Crippen LogP contribution >= 0.6 is 0 Å². The van der Waals surface area contributed by atoms with Crippen molar-refractivity contribution in [2.75, 3.05) is 26.2 Å². The Hall–Kier alpha value is -1.64. The van der Waals surface area contributed by atoms with E-state index in [0.29, 0.717) is 6.04 Å². The zero-order valence-electron chi connectivity index (χ0n) is 15.4. The van der Waals surface area contributed by atoms with Gasteiger partial charge in [0.25, 0.3) is 0 Å². The molecule has 0 bridgehead atoms. The minimum absolute atomic E-state index is 0.586. The third-order valence-corrected chi connectivity index (χ3v) is 5.88. The highest BCUT2D eigenvalue weighted by Crippen LogP contribution is 2.39. The van der Waals surface area contributed by atoms with Crippen LogP contribution in [0.25, 0.3) is 11.1 Å². The van der Waals surface area contributed by atoms with E-state index in [1.54, 1.807) is 0 Å². The maximum absolute atomic E-state index is 3.50. The van der Waals surface area contributed by atoms with Crippen molar-refractivity contribution >= 4 is 0 Å². The molecule has 0 aromatic heterocycles. The Labute approximate surface area is 152 Å². The lowest BCUT2D eigenvalue weighted by Gasteiger charge is -2.35. The van der Waals surface area contributed by atoms with Crippen LogP contribution in [0, 0.1) is 0 Å². The summed E-state index contributed by atoms with van der Waals surface area (Å²) in [5, 5.41) is 3.50. The summed E-state index contributed by atoms with van der Waals surface area (Å²) in [7, 11) is 0. The number of rotatable bonds is 6. The predicted octanol–water partition coefficient (Wildman–Crippen LogP) is 4.78. The van der Waals surface area contributed by atoms with Crippen LogP contribution in [0.3, 0.4) is 0 Å². The maximum atomic E-state index is 3.50. The zero-order chi connectivity index (χ0) is 17.1. The zero-order valence-corrected chi connectivity index (χ0v) is 15.4. The Morgan fingerprint density at radius 1 is 0.960 bits per heavy atom. The molecule has 2 aliphatic rings. The first kappa shape index (κ1) is 16.8. The highest BCUT2D eigenvalue weighted by Gasteiger charge is 2.24. The van der Waals surface area contributed by atoms with Gasteiger partial charge in [-0.3, -0.25) is 4.90 Å². The molecule has 2 aromatic rings. The van der Waals surface area contributed by atoms with Gasteiger partial charge in [0.1, 0.15) is 0 Å². The van der Waals surface area contributed by atoms with Crippen LogP contribution in [0.15, 0.2) is 42.5 Å². The van der Waals surface area contributed by atoms with Crippen molar-refractivity contribution in [3.05, 3.63) is 59.2 Å². The molecule has 1 aliphatic heterocycles. The van der Waals surface area contributed by atoms with Gasteiger partial charge in [-0.05, 0) is 40.7 Å². The molecule has 2 heteroatoms. The summed E-state index contributed by atoms with van der Waals surface area (Å²) >= 11 is 0. The molecule has 0 unspecified atom stereocenters. The summed E-state index contributed by atoms with van der Waals surface area (Å²) in [6, 6.07) is 16.8. The summed E-state index contributed by atoms with van der Waals surface area (Å²) in [6.07, 6.45) is 6.37. The normalized spacial score (nSPS) is 18.0. The lowest BCUT2D eigenvalue weighted by atomic mass is 9.94. The second-order valence-corrected chi connectivity index (χ2v) is 7.55. The molecule has 0 amide bonds. The number of fused-ring (bicyclic) bond motifs is 3. The van der Waals surface area contributed by atoms with Crippen LogP contribution in [-0.2, 0) is 6.42 Å². The molecule has 25 heavy (non-hydrogen) atoms. The van der Waals surface area contributed by atoms with E-state index in [9.17, 15) is 0 Å². The van der Waals surface area contributed by atoms with Gasteiger partial charge in [-0.15, -0.1) is 0 Å². The average Bonchev–Trinajstić information content (AvgIpc) is 3.04. The van der Waals surface area contributed by atoms with Crippen LogP contribution in [0.1, 0.15) is 55.3 Å². The van der Waals surface area contributed by atoms with Gasteiger partial charge in [0.2, 0.25) is 0 Å². The quantitative estimate of drug-likeness (QED) is 0.652. The molecule has 2 nitrogen and oxygen atoms in total. The Morgan fingerprint density at radius 3 is 2.60 bits per heavy atom. The van der Waals surface area contributed by atoms with Gasteiger partial charge in [0.05, 0.1) is 0 Å². The largest absolute Gasteiger partial charge is 0.314 e. The topological polar surface area (TPSA) is 15.3 Å². The van der Waals surface area contributed by atoms with Crippen LogP contribution in [0.2, 0.25) is 0 Å². The molecular formula is C23H30N2. The predicted molar refractivity (Wildman–Crippen MR) is 106 cm³/mol. The number of hydrogen-bond donors (Lipinski definition) is 1. The lowest BCUT2D eigenvalue weighted by Crippen LogP contribution is -2.45. The first-order valence-corrected chi connectivity index (χ1v) is 10.0. The fourth-order valence-corrected chi connectivity index (χ4v) is 4.51. The van der Waals surface area contributed by atoms with Gasteiger partial charge in [0.15, 0.2) is 0 Å². The monoisotopic (exact) mass is 334 g/mol. The second-order valence-electron chi connectivity index (χ2n) is 7.55. The summed E-state index contributed by atoms with van der Waals surface area (Å²) in [5.74, 6) is 0. The van der Waals surface area contributed by atoms with Crippen LogP contribution in [0.4, 0.5) is 0 Å². The van der Waals surface area contributed by atoms with Crippen molar-refractivity contribution in [3.63, 3.8) is 0 Å². The van der Waals surface area contributed by atoms with Gasteiger partial charge < -0.3 is 5.32 Å². The van der Waals surface area contributed by atoms with E-state index in [0.717, 1.165) is 19.5 Å². The van der Waals surface area contributed by atoms with Crippen LogP contribution in [-0.4, -0.2) is 31.1 Å². The minimum atomic E-state index is 0.586. The second kappa shape index (κ2) is 7.72. The Morgan fingerprint density at radius 2 is 1.76 bits per heavy atom. The van der Waals surface area contributed by atoms with Crippen molar-refractivity contribution in [2.45, 2.75) is 45.1 Å². The fraction of sp³-hybridized carbons (Fsp3) is 0.478. The number of nitrogens with one attached hydrogen (secondary N) is 1. The molecule has 2 aromatic carbocycles. The summed E-state index contributed by atoms with van der Waals surface area (Å²) < 4.78 is 0. The molecule has 1 atom stereocenters. The first-order valence-electron chi connectivity index (χ1n) is 10.0. The highest BCUT2D eigenvalue weighted by atomic mass is 15.2. The van der Waals surface area contributed by atoms with Crippen molar-refractivity contribution < 1.29 is 0 Å². The third-order valence-electron chi connectivity index (χ3n) is 5.88. The van der Waals surface area contributed by atoms with Gasteiger partial charge in [-0.2, -0.15) is 0 Å². The van der Waals surface area contributed by atoms with Crippen LogP contribution in [0.5, 0.6) is 0 Å². The lowest BCUT2D eigenvalue weighted by molar-refractivity contribution is 0.162. The molecule has 132 valence electrons. The Bertz CT molecular complexity index is 716. The first-order chi connectivity index (χ1) is 12.4. The van der Waals surface area contributed by atoms with E-state index >= 15 is 0 Å². The summed E-state index contributed by atoms with van der Waals surface area (Å²) in [5.41, 5.74) is 7.43. The number of piperazine rings is 1. The summed E-state index contributed by atoms with van der Waals surface area (Å²) in [6.45, 7) is 6.90. The fourth-order valence-electron chi connectivity index (χ4n) is 4.51. The van der Waals surface area contributed by atoms with E-state index in [4.69, 9.17) is 0 Å². The molecule has 0 spiro atoms. The van der Waals surface area contributed by atoms with E-state index in [2.05, 4.69) is 59.6 Å². The number of benzene rings is 2. The van der Waals surface area contributed by atoms with E-state index in [1.807, 2.05) is 0 Å². The SMILES string of the molecule is CCCCC[C@H](c1ccc2c(c1)Cc1ccccc1-2)N1CCNCC1. The van der Waals surface area contributed by atoms with E-state index in [-0.39, 0.29) is 0 Å². The molecule has 1 heterocycles. The maximum Gasteiger partial charge on any atom is 0.0349 e. The van der Waals surface area contributed by atoms with Crippen molar-refractivity contribution in [1.82, 2.24) is 10.2 Å². The number of hydrogen-bond acceptors (Lipinski definition) is 2. The highest BCUT2D eigenvalue weighted by molar-refractivity contribution is 5.77. The summed E-state index contributed by atoms with van der Waals surface area (Å²) in [4.78, 5) is 2.70. The van der Waals surface area contributed by atoms with Crippen molar-refractivity contribution in [3.8, 4) is 11.1 Å². The van der Waals surface area contributed by atoms with E-state index in [1.165, 1.54) is 66.6 Å². The van der Waals surface area contributed by atoms with E-state index < -0.39 is 0 Å². The van der Waals surface area contributed by atoms with Crippen LogP contribution < -0.4 is 5.32 Å². The number of unbranched alkanes of at least 4 members (excludes halogenated alkanes) is 2. The molecule has 0 saturated carbocycles. The number of nitrogens with zero attached hydrogens (tertiary/aromatic N) is 1. The molecule has 1 N–H and O–H groups in total. The van der Waals surface area contributed by atoms with Gasteiger partial charge in [-0.25, -0.2) is 0 Å². The van der Waals surface area contributed by atoms with Gasteiger partial charge in [-0.1, -0.05) is 68.7 Å². The van der Waals surface area contributed by atoms with Gasteiger partial charge >= 0.3 is 0 Å². The molecule has 0 radical (unpaired) electrons. The van der Waals surface area contributed by atoms with Crippen molar-refractivity contribution in [1.29, 1.82) is 0 Å². The smallest absolute Gasteiger partial charge is 0.0349 e. The third kappa shape index (κ3) is 3.51. The molecule has 1 saturated heterocycles. The van der Waals surface area contributed by atoms with Crippen molar-refractivity contribution in [2.24, 2.45) is 0 Å². The Kier molecular flexibility index (Phi) is 5.19. The molecule has 4 rings (SSSR count). The standard InChI is InChI=1S/C23H30N2/c1-2-3-4-9-23(25-14-12-24-13-15-25)19-10-11-22-20(17-19)16-18-7-5-6-8-21(18)22/h5-8,10-11,17,23-24H,2-4,9,12-16H2,1H3/t23-/m1/s1. The molecule has 1 fully saturated rings.